The second-order valence-corrected chi connectivity index (χ2v) is 7.07. The molecule has 0 saturated heterocycles. The molecule has 1 aromatic heterocycles. The van der Waals surface area contributed by atoms with Crippen molar-refractivity contribution < 1.29 is 9.53 Å². The molecular weight excluding hydrogens is 403 g/mol. The maximum atomic E-state index is 12.3. The van der Waals surface area contributed by atoms with Crippen LogP contribution < -0.4 is 4.74 Å². The van der Waals surface area contributed by atoms with Crippen LogP contribution in [0.25, 0.3) is 0 Å². The third-order valence-electron chi connectivity index (χ3n) is 2.28. The predicted molar refractivity (Wildman–Crippen MR) is 81.2 cm³/mol. The zero-order valence-electron chi connectivity index (χ0n) is 9.17. The molecule has 0 fully saturated rings. The summed E-state index contributed by atoms with van der Waals surface area (Å²) >= 11 is 14.0. The van der Waals surface area contributed by atoms with E-state index in [-0.39, 0.29) is 5.78 Å². The number of methoxy groups -OCH3 is 1. The minimum atomic E-state index is -0.0834. The van der Waals surface area contributed by atoms with E-state index < -0.39 is 0 Å². The van der Waals surface area contributed by atoms with E-state index >= 15 is 0 Å². The highest BCUT2D eigenvalue weighted by molar-refractivity contribution is 9.13. The molecule has 0 atom stereocenters. The summed E-state index contributed by atoms with van der Waals surface area (Å²) in [7, 11) is 1.52. The summed E-state index contributed by atoms with van der Waals surface area (Å²) in [6.07, 6.45) is 0. The Morgan fingerprint density at radius 1 is 1.33 bits per heavy atom. The number of hydrogen-bond acceptors (Lipinski definition) is 3. The van der Waals surface area contributed by atoms with Crippen molar-refractivity contribution in [1.29, 1.82) is 0 Å². The first-order valence-electron chi connectivity index (χ1n) is 4.86. The average molecular weight is 411 g/mol. The first-order chi connectivity index (χ1) is 8.52. The SMILES string of the molecule is COc1cc(Cl)ccc1C(=O)c1cc(Br)c(Br)s1. The molecule has 0 unspecified atom stereocenters. The van der Waals surface area contributed by atoms with Gasteiger partial charge in [-0.1, -0.05) is 11.6 Å². The number of ketones is 1. The monoisotopic (exact) mass is 408 g/mol. The highest BCUT2D eigenvalue weighted by Gasteiger charge is 2.18. The zero-order chi connectivity index (χ0) is 13.3. The third-order valence-corrected chi connectivity index (χ3v) is 5.77. The third kappa shape index (κ3) is 2.79. The van der Waals surface area contributed by atoms with Gasteiger partial charge in [-0.3, -0.25) is 4.79 Å². The van der Waals surface area contributed by atoms with Gasteiger partial charge in [-0.05, 0) is 56.1 Å². The lowest BCUT2D eigenvalue weighted by atomic mass is 10.1. The molecule has 0 radical (unpaired) electrons. The molecule has 0 aliphatic heterocycles. The van der Waals surface area contributed by atoms with Gasteiger partial charge in [0.05, 0.1) is 21.3 Å². The van der Waals surface area contributed by atoms with E-state index in [0.29, 0.717) is 21.2 Å². The number of carbonyl (C=O) groups excluding carboxylic acids is 1. The van der Waals surface area contributed by atoms with Gasteiger partial charge in [-0.2, -0.15) is 0 Å². The van der Waals surface area contributed by atoms with E-state index in [2.05, 4.69) is 31.9 Å². The molecule has 0 saturated carbocycles. The van der Waals surface area contributed by atoms with Crippen molar-refractivity contribution >= 4 is 60.6 Å². The molecule has 1 heterocycles. The molecule has 2 aromatic rings. The van der Waals surface area contributed by atoms with Gasteiger partial charge in [0.15, 0.2) is 0 Å². The van der Waals surface area contributed by atoms with Crippen LogP contribution in [-0.4, -0.2) is 12.9 Å². The molecule has 0 amide bonds. The lowest BCUT2D eigenvalue weighted by Gasteiger charge is -2.06. The number of rotatable bonds is 3. The molecule has 1 aromatic carbocycles. The smallest absolute Gasteiger partial charge is 0.206 e. The molecule has 2 nitrogen and oxygen atoms in total. The van der Waals surface area contributed by atoms with Crippen LogP contribution in [0.3, 0.4) is 0 Å². The Balaban J connectivity index is 2.45. The van der Waals surface area contributed by atoms with Gasteiger partial charge in [0.25, 0.3) is 0 Å². The molecule has 94 valence electrons. The molecule has 6 heteroatoms. The summed E-state index contributed by atoms with van der Waals surface area (Å²) in [6, 6.07) is 6.76. The van der Waals surface area contributed by atoms with Gasteiger partial charge < -0.3 is 4.74 Å². The summed E-state index contributed by atoms with van der Waals surface area (Å²) in [6.45, 7) is 0. The average Bonchev–Trinajstić information content (AvgIpc) is 2.68. The second-order valence-electron chi connectivity index (χ2n) is 3.41. The van der Waals surface area contributed by atoms with Crippen molar-refractivity contribution in [3.63, 3.8) is 0 Å². The first-order valence-corrected chi connectivity index (χ1v) is 7.64. The van der Waals surface area contributed by atoms with Crippen LogP contribution in [-0.2, 0) is 0 Å². The molecule has 0 bridgehead atoms. The first kappa shape index (κ1) is 14.1. The Kier molecular flexibility index (Phi) is 4.48. The summed E-state index contributed by atoms with van der Waals surface area (Å²) in [5.74, 6) is 0.396. The van der Waals surface area contributed by atoms with E-state index in [1.807, 2.05) is 0 Å². The summed E-state index contributed by atoms with van der Waals surface area (Å²) < 4.78 is 6.93. The van der Waals surface area contributed by atoms with Crippen molar-refractivity contribution in [2.45, 2.75) is 0 Å². The van der Waals surface area contributed by atoms with Crippen molar-refractivity contribution in [2.24, 2.45) is 0 Å². The van der Waals surface area contributed by atoms with Gasteiger partial charge in [-0.25, -0.2) is 0 Å². The minimum Gasteiger partial charge on any atom is -0.496 e. The highest BCUT2D eigenvalue weighted by Crippen LogP contribution is 2.35. The maximum Gasteiger partial charge on any atom is 0.206 e. The fourth-order valence-electron chi connectivity index (χ4n) is 1.44. The predicted octanol–water partition coefficient (Wildman–Crippen LogP) is 5.17. The Bertz CT molecular complexity index is 591. The van der Waals surface area contributed by atoms with Gasteiger partial charge in [0.2, 0.25) is 5.78 Å². The Morgan fingerprint density at radius 2 is 2.06 bits per heavy atom. The maximum absolute atomic E-state index is 12.3. The van der Waals surface area contributed by atoms with Crippen molar-refractivity contribution in [2.75, 3.05) is 7.11 Å². The quantitative estimate of drug-likeness (QED) is 0.653. The van der Waals surface area contributed by atoms with Crippen LogP contribution in [0.4, 0.5) is 0 Å². The highest BCUT2D eigenvalue weighted by atomic mass is 79.9. The molecule has 0 aliphatic carbocycles. The zero-order valence-corrected chi connectivity index (χ0v) is 13.9. The van der Waals surface area contributed by atoms with Crippen molar-refractivity contribution in [3.8, 4) is 5.75 Å². The molecular formula is C12H7Br2ClO2S. The Morgan fingerprint density at radius 3 is 2.61 bits per heavy atom. The molecule has 18 heavy (non-hydrogen) atoms. The van der Waals surface area contributed by atoms with E-state index in [1.54, 1.807) is 24.3 Å². The summed E-state index contributed by atoms with van der Waals surface area (Å²) in [5.41, 5.74) is 0.503. The second kappa shape index (κ2) is 5.74. The fourth-order valence-corrected chi connectivity index (χ4v) is 3.60. The van der Waals surface area contributed by atoms with Gasteiger partial charge >= 0.3 is 0 Å². The van der Waals surface area contributed by atoms with Crippen LogP contribution in [0.5, 0.6) is 5.75 Å². The van der Waals surface area contributed by atoms with Crippen LogP contribution in [0.15, 0.2) is 32.5 Å². The van der Waals surface area contributed by atoms with Crippen molar-refractivity contribution in [3.05, 3.63) is 48.0 Å². The van der Waals surface area contributed by atoms with Crippen LogP contribution >= 0.6 is 54.8 Å². The Labute approximate surface area is 130 Å². The van der Waals surface area contributed by atoms with E-state index in [4.69, 9.17) is 16.3 Å². The van der Waals surface area contributed by atoms with Crippen LogP contribution in [0.1, 0.15) is 15.2 Å². The number of halogens is 3. The van der Waals surface area contributed by atoms with E-state index in [0.717, 1.165) is 8.26 Å². The topological polar surface area (TPSA) is 26.3 Å². The van der Waals surface area contributed by atoms with Crippen LogP contribution in [0.2, 0.25) is 5.02 Å². The largest absolute Gasteiger partial charge is 0.496 e. The van der Waals surface area contributed by atoms with Crippen LogP contribution in [0, 0.1) is 0 Å². The number of carbonyl (C=O) groups is 1. The summed E-state index contributed by atoms with van der Waals surface area (Å²) in [4.78, 5) is 13.0. The fraction of sp³-hybridized carbons (Fsp3) is 0.0833. The van der Waals surface area contributed by atoms with E-state index in [9.17, 15) is 4.79 Å². The molecule has 0 N–H and O–H groups in total. The normalized spacial score (nSPS) is 10.4. The van der Waals surface area contributed by atoms with Gasteiger partial charge in [0.1, 0.15) is 5.75 Å². The number of hydrogen-bond donors (Lipinski definition) is 0. The molecule has 2 rings (SSSR count). The van der Waals surface area contributed by atoms with Gasteiger partial charge in [-0.15, -0.1) is 11.3 Å². The summed E-state index contributed by atoms with van der Waals surface area (Å²) in [5, 5.41) is 0.539. The van der Waals surface area contributed by atoms with Gasteiger partial charge in [0, 0.05) is 9.50 Å². The van der Waals surface area contributed by atoms with Crippen molar-refractivity contribution in [1.82, 2.24) is 0 Å². The van der Waals surface area contributed by atoms with E-state index in [1.165, 1.54) is 18.4 Å². The minimum absolute atomic E-state index is 0.0834. The standard InChI is InChI=1S/C12H7Br2ClO2S/c1-17-9-4-6(15)2-3-7(9)11(16)10-5-8(13)12(14)18-10/h2-5H,1H3. The molecule has 0 aliphatic rings. The lowest BCUT2D eigenvalue weighted by molar-refractivity contribution is 0.103. The number of benzene rings is 1. The number of thiophene rings is 1. The lowest BCUT2D eigenvalue weighted by Crippen LogP contribution is -2.01. The Hall–Kier alpha value is -0.360. The number of ether oxygens (including phenoxy) is 1. The molecule has 0 spiro atoms.